The van der Waals surface area contributed by atoms with Crippen LogP contribution in [0.25, 0.3) is 5.57 Å². The summed E-state index contributed by atoms with van der Waals surface area (Å²) < 4.78 is 11.9. The molecule has 0 saturated heterocycles. The Bertz CT molecular complexity index is 2000. The van der Waals surface area contributed by atoms with Crippen LogP contribution in [0, 0.1) is 58.3 Å². The van der Waals surface area contributed by atoms with Crippen molar-refractivity contribution in [1.29, 1.82) is 0 Å². The number of ether oxygens (including phenoxy) is 2. The number of rotatable bonds is 9. The minimum absolute atomic E-state index is 0.0438. The molecular weight excluding hydrogens is 679 g/mol. The maximum Gasteiger partial charge on any atom is 0.124 e. The van der Waals surface area contributed by atoms with E-state index in [0.717, 1.165) is 11.5 Å². The number of methoxy groups -OCH3 is 2. The SMILES string of the molecule is COc1c(C)cc(P(C2=C(c3c(C)sc(C)c3P(c3ccccc3)c3ccccc3)C3(C)CCC2C3(C)C)c2cc(C)c(OC)c(C)c2)cc1C. The van der Waals surface area contributed by atoms with Crippen LogP contribution >= 0.6 is 27.2 Å². The minimum atomic E-state index is -0.882. The second kappa shape index (κ2) is 13.6. The molecule has 1 heterocycles. The molecule has 7 rings (SSSR count). The van der Waals surface area contributed by atoms with Gasteiger partial charge in [-0.1, -0.05) is 81.4 Å². The van der Waals surface area contributed by atoms with Crippen molar-refractivity contribution in [1.82, 2.24) is 0 Å². The van der Waals surface area contributed by atoms with Crippen LogP contribution in [0.15, 0.2) is 90.2 Å². The highest BCUT2D eigenvalue weighted by Gasteiger charge is 2.62. The summed E-state index contributed by atoms with van der Waals surface area (Å²) in [6.07, 6.45) is 2.45. The molecule has 5 aromatic rings. The van der Waals surface area contributed by atoms with Crippen molar-refractivity contribution in [2.75, 3.05) is 14.2 Å². The van der Waals surface area contributed by atoms with Crippen molar-refractivity contribution in [2.24, 2.45) is 16.7 Å². The molecule has 0 amide bonds. The van der Waals surface area contributed by atoms with Gasteiger partial charge in [0.15, 0.2) is 0 Å². The van der Waals surface area contributed by atoms with E-state index in [9.17, 15) is 0 Å². The average molecular weight is 731 g/mol. The molecule has 0 N–H and O–H groups in total. The molecule has 2 atom stereocenters. The number of hydrogen-bond donors (Lipinski definition) is 0. The molecule has 2 unspecified atom stereocenters. The summed E-state index contributed by atoms with van der Waals surface area (Å²) in [5.41, 5.74) is 8.17. The average Bonchev–Trinajstić information content (AvgIpc) is 3.57. The minimum Gasteiger partial charge on any atom is -0.496 e. The molecular formula is C46H52O2P2S. The lowest BCUT2D eigenvalue weighted by Gasteiger charge is -2.38. The van der Waals surface area contributed by atoms with Crippen molar-refractivity contribution in [3.63, 3.8) is 0 Å². The summed E-state index contributed by atoms with van der Waals surface area (Å²) >= 11 is 2.01. The molecule has 2 aliphatic rings. The highest BCUT2D eigenvalue weighted by molar-refractivity contribution is 7.80. The lowest BCUT2D eigenvalue weighted by Crippen LogP contribution is -2.31. The van der Waals surface area contributed by atoms with Crippen LogP contribution in [0.5, 0.6) is 11.5 Å². The van der Waals surface area contributed by atoms with E-state index in [4.69, 9.17) is 9.47 Å². The third kappa shape index (κ3) is 5.75. The first-order valence-electron chi connectivity index (χ1n) is 18.2. The van der Waals surface area contributed by atoms with Gasteiger partial charge >= 0.3 is 0 Å². The van der Waals surface area contributed by atoms with Crippen LogP contribution in [-0.2, 0) is 0 Å². The lowest BCUT2D eigenvalue weighted by atomic mass is 9.66. The van der Waals surface area contributed by atoms with E-state index in [1.807, 2.05) is 11.3 Å². The van der Waals surface area contributed by atoms with Crippen LogP contribution in [0.1, 0.15) is 71.2 Å². The molecule has 2 nitrogen and oxygen atoms in total. The largest absolute Gasteiger partial charge is 0.496 e. The van der Waals surface area contributed by atoms with E-state index in [1.54, 1.807) is 36.0 Å². The monoisotopic (exact) mass is 730 g/mol. The van der Waals surface area contributed by atoms with Crippen molar-refractivity contribution in [3.8, 4) is 11.5 Å². The van der Waals surface area contributed by atoms with Gasteiger partial charge in [-0.05, 0) is 166 Å². The Kier molecular flexibility index (Phi) is 9.67. The Balaban J connectivity index is 1.60. The van der Waals surface area contributed by atoms with Crippen LogP contribution in [0.2, 0.25) is 0 Å². The van der Waals surface area contributed by atoms with Crippen LogP contribution in [0.3, 0.4) is 0 Å². The summed E-state index contributed by atoms with van der Waals surface area (Å²) in [6, 6.07) is 32.4. The fourth-order valence-electron chi connectivity index (χ4n) is 9.54. The molecule has 2 bridgehead atoms. The number of hydrogen-bond acceptors (Lipinski definition) is 3. The summed E-state index contributed by atoms with van der Waals surface area (Å²) in [4.78, 5) is 2.91. The van der Waals surface area contributed by atoms with E-state index in [-0.39, 0.29) is 10.8 Å². The van der Waals surface area contributed by atoms with E-state index < -0.39 is 15.8 Å². The fraction of sp³-hybridized carbons (Fsp3) is 0.348. The number of thiophene rings is 1. The van der Waals surface area contributed by atoms with Gasteiger partial charge in [-0.2, -0.15) is 0 Å². The Labute approximate surface area is 312 Å². The Morgan fingerprint density at radius 3 is 1.49 bits per heavy atom. The molecule has 1 saturated carbocycles. The molecule has 2 aliphatic carbocycles. The van der Waals surface area contributed by atoms with E-state index in [1.165, 1.54) is 66.1 Å². The van der Waals surface area contributed by atoms with E-state index in [0.29, 0.717) is 5.92 Å². The summed E-state index contributed by atoms with van der Waals surface area (Å²) in [5, 5.41) is 8.92. The zero-order valence-electron chi connectivity index (χ0n) is 32.2. The van der Waals surface area contributed by atoms with Gasteiger partial charge in [0.2, 0.25) is 0 Å². The highest BCUT2D eigenvalue weighted by Crippen LogP contribution is 2.76. The number of fused-ring (bicyclic) bond motifs is 2. The van der Waals surface area contributed by atoms with Gasteiger partial charge in [-0.25, -0.2) is 0 Å². The van der Waals surface area contributed by atoms with E-state index in [2.05, 4.69) is 147 Å². The first-order chi connectivity index (χ1) is 24.3. The Morgan fingerprint density at radius 1 is 0.608 bits per heavy atom. The highest BCUT2D eigenvalue weighted by atomic mass is 32.1. The van der Waals surface area contributed by atoms with Crippen molar-refractivity contribution in [3.05, 3.63) is 128 Å². The predicted molar refractivity (Wildman–Crippen MR) is 225 cm³/mol. The molecule has 264 valence electrons. The molecule has 0 aliphatic heterocycles. The van der Waals surface area contributed by atoms with Gasteiger partial charge in [-0.3, -0.25) is 0 Å². The zero-order chi connectivity index (χ0) is 36.4. The van der Waals surface area contributed by atoms with Gasteiger partial charge in [0.1, 0.15) is 11.5 Å². The van der Waals surface area contributed by atoms with Crippen molar-refractivity contribution >= 4 is 59.3 Å². The lowest BCUT2D eigenvalue weighted by molar-refractivity contribution is 0.189. The van der Waals surface area contributed by atoms with Crippen molar-refractivity contribution < 1.29 is 9.47 Å². The summed E-state index contributed by atoms with van der Waals surface area (Å²) in [7, 11) is 1.94. The van der Waals surface area contributed by atoms with Gasteiger partial charge in [0.25, 0.3) is 0 Å². The topological polar surface area (TPSA) is 18.5 Å². The molecule has 51 heavy (non-hydrogen) atoms. The first kappa shape index (κ1) is 36.2. The molecule has 1 fully saturated rings. The van der Waals surface area contributed by atoms with Gasteiger partial charge in [0, 0.05) is 20.6 Å². The predicted octanol–water partition coefficient (Wildman–Crippen LogP) is 10.7. The van der Waals surface area contributed by atoms with Crippen LogP contribution in [0.4, 0.5) is 0 Å². The second-order valence-electron chi connectivity index (χ2n) is 15.4. The quantitative estimate of drug-likeness (QED) is 0.141. The number of allylic oxidation sites excluding steroid dienone is 2. The maximum absolute atomic E-state index is 5.93. The fourth-order valence-corrected chi connectivity index (χ4v) is 17.1. The Morgan fingerprint density at radius 2 is 1.06 bits per heavy atom. The van der Waals surface area contributed by atoms with Gasteiger partial charge in [-0.15, -0.1) is 11.3 Å². The van der Waals surface area contributed by atoms with Crippen LogP contribution in [-0.4, -0.2) is 14.2 Å². The normalized spacial score (nSPS) is 19.4. The smallest absolute Gasteiger partial charge is 0.124 e. The molecule has 0 spiro atoms. The first-order valence-corrected chi connectivity index (χ1v) is 21.7. The van der Waals surface area contributed by atoms with Crippen LogP contribution < -0.4 is 36.0 Å². The van der Waals surface area contributed by atoms with E-state index >= 15 is 0 Å². The molecule has 4 aromatic carbocycles. The summed E-state index contributed by atoms with van der Waals surface area (Å²) in [6.45, 7) is 21.4. The molecule has 0 radical (unpaired) electrons. The summed E-state index contributed by atoms with van der Waals surface area (Å²) in [5.74, 6) is 2.47. The van der Waals surface area contributed by atoms with Gasteiger partial charge < -0.3 is 9.47 Å². The number of aryl methyl sites for hydroxylation is 6. The third-order valence-corrected chi connectivity index (χ3v) is 18.5. The standard InChI is InChI=1S/C46H52O2P2S/c1-28-24-36(25-29(2)41(28)47-10)50(37-26-30(3)42(48-11)31(4)27-37)44-38-22-23-46(9,45(38,7)8)40(44)39-32(5)51-33(6)43(39)49(34-18-14-12-15-19-34)35-20-16-13-17-21-35/h12-21,24-27,38H,22-23H2,1-11H3. The Hall–Kier alpha value is -3.22. The second-order valence-corrected chi connectivity index (χ2v) is 21.2. The zero-order valence-corrected chi connectivity index (χ0v) is 34.8. The van der Waals surface area contributed by atoms with Gasteiger partial charge in [0.05, 0.1) is 14.2 Å². The number of benzene rings is 4. The maximum atomic E-state index is 5.93. The van der Waals surface area contributed by atoms with Crippen molar-refractivity contribution in [2.45, 2.75) is 75.2 Å². The third-order valence-electron chi connectivity index (χ3n) is 12.2. The molecule has 5 heteroatoms. The molecule has 1 aromatic heterocycles.